The van der Waals surface area contributed by atoms with Crippen LogP contribution in [0.25, 0.3) is 10.1 Å². The van der Waals surface area contributed by atoms with Gasteiger partial charge in [-0.2, -0.15) is 0 Å². The predicted molar refractivity (Wildman–Crippen MR) is 101 cm³/mol. The Morgan fingerprint density at radius 3 is 2.83 bits per heavy atom. The zero-order chi connectivity index (χ0) is 17.1. The van der Waals surface area contributed by atoms with Crippen molar-refractivity contribution < 1.29 is 9.53 Å². The van der Waals surface area contributed by atoms with E-state index in [2.05, 4.69) is 12.2 Å². The number of carbonyl (C=O) groups is 1. The number of rotatable bonds is 5. The Morgan fingerprint density at radius 2 is 2.12 bits per heavy atom. The molecular weight excluding hydrogens is 318 g/mol. The minimum absolute atomic E-state index is 0.0443. The van der Waals surface area contributed by atoms with Crippen molar-refractivity contribution in [1.82, 2.24) is 4.90 Å². The second-order valence-corrected chi connectivity index (χ2v) is 7.10. The second-order valence-electron chi connectivity index (χ2n) is 6.05. The lowest BCUT2D eigenvalue weighted by Crippen LogP contribution is -2.02. The highest BCUT2D eigenvalue weighted by Crippen LogP contribution is 2.34. The first-order valence-corrected chi connectivity index (χ1v) is 8.83. The Hall–Kier alpha value is -2.33. The summed E-state index contributed by atoms with van der Waals surface area (Å²) in [5.74, 6) is 1.74. The summed E-state index contributed by atoms with van der Waals surface area (Å²) in [6.07, 6.45) is 11.7. The van der Waals surface area contributed by atoms with Crippen LogP contribution in [0, 0.1) is 6.92 Å². The third kappa shape index (κ3) is 3.60. The molecule has 0 aliphatic heterocycles. The lowest BCUT2D eigenvalue weighted by Gasteiger charge is -2.09. The molecule has 3 nitrogen and oxygen atoms in total. The van der Waals surface area contributed by atoms with Gasteiger partial charge < -0.3 is 9.64 Å². The summed E-state index contributed by atoms with van der Waals surface area (Å²) < 4.78 is 7.05. The van der Waals surface area contributed by atoms with Gasteiger partial charge in [-0.25, -0.2) is 0 Å². The molecule has 24 heavy (non-hydrogen) atoms. The van der Waals surface area contributed by atoms with Crippen LogP contribution in [0.5, 0.6) is 5.75 Å². The number of aryl methyl sites for hydroxylation is 1. The largest absolute Gasteiger partial charge is 0.458 e. The van der Waals surface area contributed by atoms with Crippen molar-refractivity contribution in [2.45, 2.75) is 19.8 Å². The Kier molecular flexibility index (Phi) is 4.86. The molecule has 1 aliphatic carbocycles. The van der Waals surface area contributed by atoms with Crippen LogP contribution in [0.4, 0.5) is 0 Å². The van der Waals surface area contributed by atoms with E-state index in [1.807, 2.05) is 50.2 Å². The summed E-state index contributed by atoms with van der Waals surface area (Å²) in [5.41, 5.74) is 1.02. The van der Waals surface area contributed by atoms with E-state index < -0.39 is 0 Å². The summed E-state index contributed by atoms with van der Waals surface area (Å²) in [7, 11) is 3.80. The van der Waals surface area contributed by atoms with Crippen LogP contribution in [0.3, 0.4) is 0 Å². The van der Waals surface area contributed by atoms with Crippen molar-refractivity contribution in [1.29, 1.82) is 0 Å². The minimum atomic E-state index is 0.0443. The minimum Gasteiger partial charge on any atom is -0.458 e. The van der Waals surface area contributed by atoms with E-state index >= 15 is 0 Å². The molecular formula is C20H21NO2S. The molecule has 0 fully saturated rings. The molecule has 1 aromatic carbocycles. The molecule has 4 heteroatoms. The molecule has 124 valence electrons. The molecule has 0 unspecified atom stereocenters. The van der Waals surface area contributed by atoms with Crippen LogP contribution in [0.15, 0.2) is 54.5 Å². The molecule has 3 rings (SSSR count). The third-order valence-electron chi connectivity index (χ3n) is 3.85. The highest BCUT2D eigenvalue weighted by atomic mass is 32.1. The molecule has 0 atom stereocenters. The lowest BCUT2D eigenvalue weighted by molar-refractivity contribution is 0.104. The van der Waals surface area contributed by atoms with Crippen LogP contribution in [-0.4, -0.2) is 24.8 Å². The van der Waals surface area contributed by atoms with Gasteiger partial charge in [0.25, 0.3) is 0 Å². The fourth-order valence-corrected chi connectivity index (χ4v) is 3.70. The maximum atomic E-state index is 12.4. The summed E-state index contributed by atoms with van der Waals surface area (Å²) in [6.45, 7) is 2.00. The normalized spacial score (nSPS) is 14.2. The molecule has 0 saturated heterocycles. The van der Waals surface area contributed by atoms with Gasteiger partial charge in [0.05, 0.1) is 4.88 Å². The number of benzene rings is 1. The molecule has 0 N–H and O–H groups in total. The number of allylic oxidation sites excluding steroid dienone is 4. The average Bonchev–Trinajstić information content (AvgIpc) is 2.90. The van der Waals surface area contributed by atoms with Gasteiger partial charge in [-0.1, -0.05) is 6.08 Å². The zero-order valence-corrected chi connectivity index (χ0v) is 15.0. The highest BCUT2D eigenvalue weighted by molar-refractivity contribution is 7.21. The summed E-state index contributed by atoms with van der Waals surface area (Å²) in [6, 6.07) is 6.02. The van der Waals surface area contributed by atoms with Crippen molar-refractivity contribution in [2.75, 3.05) is 14.1 Å². The first kappa shape index (κ1) is 16.5. The number of thiophene rings is 1. The van der Waals surface area contributed by atoms with Crippen molar-refractivity contribution >= 4 is 27.2 Å². The molecule has 0 amide bonds. The van der Waals surface area contributed by atoms with Gasteiger partial charge in [-0.15, -0.1) is 11.3 Å². The first-order chi connectivity index (χ1) is 11.5. The van der Waals surface area contributed by atoms with Crippen LogP contribution >= 0.6 is 11.3 Å². The highest BCUT2D eigenvalue weighted by Gasteiger charge is 2.14. The first-order valence-electron chi connectivity index (χ1n) is 8.01. The summed E-state index contributed by atoms with van der Waals surface area (Å²) >= 11 is 1.53. The molecule has 1 heterocycles. The van der Waals surface area contributed by atoms with Gasteiger partial charge in [0, 0.05) is 31.1 Å². The second kappa shape index (κ2) is 7.05. The number of nitrogens with zero attached hydrogens (tertiary/aromatic N) is 1. The number of carbonyl (C=O) groups excluding carboxylic acids is 1. The molecule has 1 aromatic heterocycles. The van der Waals surface area contributed by atoms with E-state index in [-0.39, 0.29) is 5.78 Å². The maximum absolute atomic E-state index is 12.4. The number of ether oxygens (including phenoxy) is 1. The Labute approximate surface area is 146 Å². The molecule has 1 aliphatic rings. The SMILES string of the molecule is Cc1c(C(=O)/C=C/N(C)C)sc2ccc(OC3=CCCC=C3)cc12. The van der Waals surface area contributed by atoms with Gasteiger partial charge in [0.1, 0.15) is 11.5 Å². The Morgan fingerprint density at radius 1 is 1.29 bits per heavy atom. The van der Waals surface area contributed by atoms with Crippen LogP contribution in [0.1, 0.15) is 28.1 Å². The zero-order valence-electron chi connectivity index (χ0n) is 14.2. The lowest BCUT2D eigenvalue weighted by atomic mass is 10.1. The number of fused-ring (bicyclic) bond motifs is 1. The van der Waals surface area contributed by atoms with Crippen molar-refractivity contribution in [3.63, 3.8) is 0 Å². The molecule has 0 radical (unpaired) electrons. The summed E-state index contributed by atoms with van der Waals surface area (Å²) in [5, 5.41) is 1.08. The fourth-order valence-electron chi connectivity index (χ4n) is 2.59. The molecule has 2 aromatic rings. The van der Waals surface area contributed by atoms with Crippen molar-refractivity contribution in [2.24, 2.45) is 0 Å². The van der Waals surface area contributed by atoms with E-state index in [9.17, 15) is 4.79 Å². The van der Waals surface area contributed by atoms with Gasteiger partial charge in [0.2, 0.25) is 0 Å². The Bertz CT molecular complexity index is 856. The average molecular weight is 339 g/mol. The topological polar surface area (TPSA) is 29.5 Å². The van der Waals surface area contributed by atoms with Crippen LogP contribution in [0.2, 0.25) is 0 Å². The van der Waals surface area contributed by atoms with Crippen LogP contribution in [-0.2, 0) is 0 Å². The molecule has 0 saturated carbocycles. The number of ketones is 1. The standard InChI is InChI=1S/C20H21NO2S/c1-14-17-13-16(23-15-7-5-4-6-8-15)9-10-19(17)24-20(14)18(22)11-12-21(2)3/h5,7-13H,4,6H2,1-3H3/b12-11+. The van der Waals surface area contributed by atoms with Crippen molar-refractivity contribution in [3.8, 4) is 5.75 Å². The van der Waals surface area contributed by atoms with E-state index in [1.54, 1.807) is 12.3 Å². The summed E-state index contributed by atoms with van der Waals surface area (Å²) in [4.78, 5) is 15.0. The molecule has 0 bridgehead atoms. The maximum Gasteiger partial charge on any atom is 0.197 e. The smallest absolute Gasteiger partial charge is 0.197 e. The third-order valence-corrected chi connectivity index (χ3v) is 5.14. The van der Waals surface area contributed by atoms with E-state index in [0.717, 1.165) is 44.9 Å². The fraction of sp³-hybridized carbons (Fsp3) is 0.250. The quantitative estimate of drug-likeness (QED) is 0.562. The van der Waals surface area contributed by atoms with Gasteiger partial charge in [-0.3, -0.25) is 4.79 Å². The van der Waals surface area contributed by atoms with E-state index in [4.69, 9.17) is 4.74 Å². The Balaban J connectivity index is 1.90. The van der Waals surface area contributed by atoms with E-state index in [1.165, 1.54) is 11.3 Å². The number of hydrogen-bond donors (Lipinski definition) is 0. The van der Waals surface area contributed by atoms with Crippen molar-refractivity contribution in [3.05, 3.63) is 64.9 Å². The van der Waals surface area contributed by atoms with Crippen LogP contribution < -0.4 is 4.74 Å². The van der Waals surface area contributed by atoms with Gasteiger partial charge >= 0.3 is 0 Å². The number of hydrogen-bond acceptors (Lipinski definition) is 4. The monoisotopic (exact) mass is 339 g/mol. The van der Waals surface area contributed by atoms with Gasteiger partial charge in [0.15, 0.2) is 5.78 Å². The van der Waals surface area contributed by atoms with E-state index in [0.29, 0.717) is 0 Å². The predicted octanol–water partition coefficient (Wildman–Crippen LogP) is 5.08. The molecule has 0 spiro atoms. The van der Waals surface area contributed by atoms with Gasteiger partial charge in [-0.05, 0) is 61.1 Å².